The van der Waals surface area contributed by atoms with Crippen molar-refractivity contribution < 1.29 is 9.53 Å². The van der Waals surface area contributed by atoms with Gasteiger partial charge in [-0.15, -0.1) is 11.3 Å². The molecule has 1 aromatic carbocycles. The van der Waals surface area contributed by atoms with E-state index in [1.807, 2.05) is 32.3 Å². The number of likely N-dealkylation sites (N-methyl/N-ethyl adjacent to an activating group) is 1. The van der Waals surface area contributed by atoms with Crippen molar-refractivity contribution in [1.82, 2.24) is 10.2 Å². The molecule has 0 saturated heterocycles. The second kappa shape index (κ2) is 8.70. The van der Waals surface area contributed by atoms with Crippen LogP contribution >= 0.6 is 11.3 Å². The molecule has 0 aliphatic heterocycles. The summed E-state index contributed by atoms with van der Waals surface area (Å²) in [6.45, 7) is 3.34. The number of rotatable bonds is 8. The molecule has 23 heavy (non-hydrogen) atoms. The second-order valence-corrected chi connectivity index (χ2v) is 6.56. The number of hydrogen-bond acceptors (Lipinski definition) is 4. The van der Waals surface area contributed by atoms with Crippen LogP contribution in [-0.4, -0.2) is 38.1 Å². The lowest BCUT2D eigenvalue weighted by Gasteiger charge is -2.23. The van der Waals surface area contributed by atoms with E-state index in [1.54, 1.807) is 23.5 Å². The molecule has 0 fully saturated rings. The Morgan fingerprint density at radius 2 is 2.00 bits per heavy atom. The minimum absolute atomic E-state index is 0.0598. The predicted octanol–water partition coefficient (Wildman–Crippen LogP) is 3.57. The molecule has 2 aromatic rings. The maximum atomic E-state index is 12.3. The van der Waals surface area contributed by atoms with Crippen LogP contribution in [0.5, 0.6) is 5.75 Å². The van der Waals surface area contributed by atoms with E-state index >= 15 is 0 Å². The molecule has 1 amide bonds. The highest BCUT2D eigenvalue weighted by atomic mass is 32.1. The molecule has 124 valence electrons. The average Bonchev–Trinajstić information content (AvgIpc) is 3.07. The van der Waals surface area contributed by atoms with Crippen molar-refractivity contribution in [2.75, 3.05) is 27.2 Å². The van der Waals surface area contributed by atoms with Gasteiger partial charge in [0.05, 0.1) is 12.6 Å². The average molecular weight is 332 g/mol. The van der Waals surface area contributed by atoms with Crippen molar-refractivity contribution >= 4 is 17.2 Å². The largest absolute Gasteiger partial charge is 0.494 e. The molecule has 1 N–H and O–H groups in total. The third kappa shape index (κ3) is 5.08. The van der Waals surface area contributed by atoms with E-state index in [-0.39, 0.29) is 11.9 Å². The summed E-state index contributed by atoms with van der Waals surface area (Å²) in [5.74, 6) is 0.739. The van der Waals surface area contributed by atoms with Crippen LogP contribution < -0.4 is 10.1 Å². The standard InChI is InChI=1S/C18H24N2O2S/c1-4-11-22-15-9-7-14(8-10-15)18(21)19-13-16(20(2)3)17-6-5-12-23-17/h5-10,12,16H,4,11,13H2,1-3H3,(H,19,21)/t16-/m0/s1. The van der Waals surface area contributed by atoms with Crippen molar-refractivity contribution in [3.05, 3.63) is 52.2 Å². The van der Waals surface area contributed by atoms with Gasteiger partial charge >= 0.3 is 0 Å². The number of ether oxygens (including phenoxy) is 1. The van der Waals surface area contributed by atoms with E-state index in [0.29, 0.717) is 18.7 Å². The van der Waals surface area contributed by atoms with E-state index in [2.05, 4.69) is 28.6 Å². The van der Waals surface area contributed by atoms with Crippen molar-refractivity contribution in [1.29, 1.82) is 0 Å². The van der Waals surface area contributed by atoms with Gasteiger partial charge in [0.1, 0.15) is 5.75 Å². The molecule has 2 rings (SSSR count). The van der Waals surface area contributed by atoms with Crippen LogP contribution in [-0.2, 0) is 0 Å². The molecule has 0 saturated carbocycles. The number of carbonyl (C=O) groups excluding carboxylic acids is 1. The van der Waals surface area contributed by atoms with Crippen LogP contribution in [0.1, 0.15) is 34.6 Å². The highest BCUT2D eigenvalue weighted by Crippen LogP contribution is 2.22. The third-order valence-corrected chi connectivity index (χ3v) is 4.51. The molecule has 1 aromatic heterocycles. The van der Waals surface area contributed by atoms with Gasteiger partial charge in [0.25, 0.3) is 5.91 Å². The predicted molar refractivity (Wildman–Crippen MR) is 95.3 cm³/mol. The molecule has 0 bridgehead atoms. The van der Waals surface area contributed by atoms with Crippen LogP contribution in [0.3, 0.4) is 0 Å². The fraction of sp³-hybridized carbons (Fsp3) is 0.389. The summed E-state index contributed by atoms with van der Waals surface area (Å²) in [4.78, 5) is 15.7. The van der Waals surface area contributed by atoms with Gasteiger partial charge in [0.15, 0.2) is 0 Å². The maximum absolute atomic E-state index is 12.3. The summed E-state index contributed by atoms with van der Waals surface area (Å²) in [6, 6.07) is 11.6. The molecule has 1 atom stereocenters. The van der Waals surface area contributed by atoms with Crippen molar-refractivity contribution in [3.63, 3.8) is 0 Å². The molecular weight excluding hydrogens is 308 g/mol. The minimum Gasteiger partial charge on any atom is -0.494 e. The van der Waals surface area contributed by atoms with Crippen molar-refractivity contribution in [2.24, 2.45) is 0 Å². The first-order valence-electron chi connectivity index (χ1n) is 7.82. The minimum atomic E-state index is -0.0598. The van der Waals surface area contributed by atoms with Gasteiger partial charge in [-0.2, -0.15) is 0 Å². The summed E-state index contributed by atoms with van der Waals surface area (Å²) in [6.07, 6.45) is 0.969. The van der Waals surface area contributed by atoms with Gasteiger partial charge in [-0.3, -0.25) is 4.79 Å². The normalized spacial score (nSPS) is 12.2. The summed E-state index contributed by atoms with van der Waals surface area (Å²) in [7, 11) is 4.05. The molecule has 0 unspecified atom stereocenters. The van der Waals surface area contributed by atoms with E-state index < -0.39 is 0 Å². The van der Waals surface area contributed by atoms with E-state index in [9.17, 15) is 4.79 Å². The first kappa shape index (κ1) is 17.5. The van der Waals surface area contributed by atoms with E-state index in [0.717, 1.165) is 12.2 Å². The first-order valence-corrected chi connectivity index (χ1v) is 8.70. The molecule has 5 heteroatoms. The Labute approximate surface area is 142 Å². The van der Waals surface area contributed by atoms with E-state index in [1.165, 1.54) is 4.88 Å². The smallest absolute Gasteiger partial charge is 0.251 e. The second-order valence-electron chi connectivity index (χ2n) is 5.58. The molecule has 0 aliphatic carbocycles. The van der Waals surface area contributed by atoms with Crippen LogP contribution in [0.2, 0.25) is 0 Å². The number of carbonyl (C=O) groups is 1. The zero-order valence-corrected chi connectivity index (χ0v) is 14.7. The fourth-order valence-electron chi connectivity index (χ4n) is 2.23. The molecular formula is C18H24N2O2S. The molecule has 0 aliphatic rings. The highest BCUT2D eigenvalue weighted by molar-refractivity contribution is 7.10. The maximum Gasteiger partial charge on any atom is 0.251 e. The van der Waals surface area contributed by atoms with Gasteiger partial charge in [-0.1, -0.05) is 13.0 Å². The zero-order chi connectivity index (χ0) is 16.7. The van der Waals surface area contributed by atoms with Crippen LogP contribution in [0, 0.1) is 0 Å². The van der Waals surface area contributed by atoms with Gasteiger partial charge in [0.2, 0.25) is 0 Å². The fourth-order valence-corrected chi connectivity index (χ4v) is 3.16. The number of hydrogen-bond donors (Lipinski definition) is 1. The molecule has 4 nitrogen and oxygen atoms in total. The quantitative estimate of drug-likeness (QED) is 0.803. The van der Waals surface area contributed by atoms with Gasteiger partial charge < -0.3 is 15.0 Å². The number of nitrogens with zero attached hydrogens (tertiary/aromatic N) is 1. The highest BCUT2D eigenvalue weighted by Gasteiger charge is 2.16. The number of nitrogens with one attached hydrogen (secondary N) is 1. The first-order chi connectivity index (χ1) is 11.1. The Morgan fingerprint density at radius 3 is 2.57 bits per heavy atom. The molecule has 0 spiro atoms. The Morgan fingerprint density at radius 1 is 1.26 bits per heavy atom. The zero-order valence-electron chi connectivity index (χ0n) is 13.9. The summed E-state index contributed by atoms with van der Waals surface area (Å²) in [5, 5.41) is 5.07. The SMILES string of the molecule is CCCOc1ccc(C(=O)NC[C@@H](c2cccs2)N(C)C)cc1. The lowest BCUT2D eigenvalue weighted by Crippen LogP contribution is -2.34. The van der Waals surface area contributed by atoms with Crippen molar-refractivity contribution in [3.8, 4) is 5.75 Å². The summed E-state index contributed by atoms with van der Waals surface area (Å²) < 4.78 is 5.53. The summed E-state index contributed by atoms with van der Waals surface area (Å²) >= 11 is 1.71. The van der Waals surface area contributed by atoms with Crippen LogP contribution in [0.25, 0.3) is 0 Å². The van der Waals surface area contributed by atoms with Gasteiger partial charge in [-0.05, 0) is 56.2 Å². The topological polar surface area (TPSA) is 41.6 Å². The van der Waals surface area contributed by atoms with E-state index in [4.69, 9.17) is 4.74 Å². The van der Waals surface area contributed by atoms with Gasteiger partial charge in [0, 0.05) is 17.0 Å². The van der Waals surface area contributed by atoms with Crippen LogP contribution in [0.15, 0.2) is 41.8 Å². The number of thiophene rings is 1. The Hall–Kier alpha value is -1.85. The number of benzene rings is 1. The Bertz CT molecular complexity index is 594. The monoisotopic (exact) mass is 332 g/mol. The Kier molecular flexibility index (Phi) is 6.62. The number of amides is 1. The molecule has 1 heterocycles. The Balaban J connectivity index is 1.93. The van der Waals surface area contributed by atoms with Crippen molar-refractivity contribution in [2.45, 2.75) is 19.4 Å². The van der Waals surface area contributed by atoms with Gasteiger partial charge in [-0.25, -0.2) is 0 Å². The third-order valence-electron chi connectivity index (χ3n) is 3.54. The van der Waals surface area contributed by atoms with Crippen LogP contribution in [0.4, 0.5) is 0 Å². The lowest BCUT2D eigenvalue weighted by atomic mass is 10.2. The molecule has 0 radical (unpaired) electrons. The lowest BCUT2D eigenvalue weighted by molar-refractivity contribution is 0.0942. The summed E-state index contributed by atoms with van der Waals surface area (Å²) in [5.41, 5.74) is 0.650.